The molecule has 1 atom stereocenters. The lowest BCUT2D eigenvalue weighted by atomic mass is 9.72. The van der Waals surface area contributed by atoms with Crippen molar-refractivity contribution in [2.24, 2.45) is 5.41 Å². The second-order valence-electron chi connectivity index (χ2n) is 9.24. The highest BCUT2D eigenvalue weighted by Crippen LogP contribution is 2.54. The van der Waals surface area contributed by atoms with Crippen molar-refractivity contribution in [1.29, 1.82) is 0 Å². The molecule has 0 saturated carbocycles. The molecule has 176 valence electrons. The number of alkyl halides is 3. The standard InChI is InChI=1S/C24H19F4N3O2S/c1-22(2)11-16-19(17(32)12-22)23(24(26,27)28,20(33)31(16)14-9-7-13(25)8-10-14)30-21-29-15-5-3-4-6-18(15)34-21/h3-10H,11-12H2,1-2H3,(H,29,30). The molecule has 1 aliphatic heterocycles. The molecule has 1 amide bonds. The minimum Gasteiger partial charge on any atom is -0.336 e. The van der Waals surface area contributed by atoms with Crippen molar-refractivity contribution in [3.8, 4) is 0 Å². The second-order valence-corrected chi connectivity index (χ2v) is 10.3. The highest BCUT2D eigenvalue weighted by molar-refractivity contribution is 7.22. The predicted molar refractivity (Wildman–Crippen MR) is 121 cm³/mol. The van der Waals surface area contributed by atoms with Crippen LogP contribution in [-0.4, -0.2) is 28.4 Å². The topological polar surface area (TPSA) is 62.3 Å². The number of aromatic nitrogens is 1. The number of nitrogens with zero attached hydrogens (tertiary/aromatic N) is 2. The fourth-order valence-electron chi connectivity index (χ4n) is 4.70. The monoisotopic (exact) mass is 489 g/mol. The van der Waals surface area contributed by atoms with Crippen LogP contribution in [0.4, 0.5) is 28.4 Å². The maximum Gasteiger partial charge on any atom is 0.425 e. The van der Waals surface area contributed by atoms with E-state index >= 15 is 0 Å². The average Bonchev–Trinajstić information content (AvgIpc) is 3.24. The van der Waals surface area contributed by atoms with Crippen LogP contribution in [0.25, 0.3) is 10.2 Å². The van der Waals surface area contributed by atoms with E-state index in [2.05, 4.69) is 10.3 Å². The number of benzene rings is 2. The van der Waals surface area contributed by atoms with Gasteiger partial charge in [-0.2, -0.15) is 13.2 Å². The third kappa shape index (κ3) is 3.31. The summed E-state index contributed by atoms with van der Waals surface area (Å²) in [6.45, 7) is 3.52. The number of para-hydroxylation sites is 1. The van der Waals surface area contributed by atoms with Gasteiger partial charge in [-0.3, -0.25) is 14.5 Å². The molecular formula is C24H19F4N3O2S. The van der Waals surface area contributed by atoms with E-state index in [9.17, 15) is 27.2 Å². The number of Topliss-reactive ketones (excluding diaryl/α,β-unsaturated/α-hetero) is 1. The molecule has 1 unspecified atom stereocenters. The van der Waals surface area contributed by atoms with E-state index in [1.807, 2.05) is 0 Å². The lowest BCUT2D eigenvalue weighted by molar-refractivity contribution is -0.175. The van der Waals surface area contributed by atoms with Crippen LogP contribution >= 0.6 is 11.3 Å². The van der Waals surface area contributed by atoms with Gasteiger partial charge in [0.1, 0.15) is 5.82 Å². The van der Waals surface area contributed by atoms with Crippen LogP contribution in [0.5, 0.6) is 0 Å². The third-order valence-corrected chi connectivity index (χ3v) is 7.07. The van der Waals surface area contributed by atoms with Gasteiger partial charge in [-0.15, -0.1) is 0 Å². The minimum atomic E-state index is -5.16. The van der Waals surface area contributed by atoms with Crippen molar-refractivity contribution in [2.75, 3.05) is 10.2 Å². The zero-order valence-corrected chi connectivity index (χ0v) is 19.0. The smallest absolute Gasteiger partial charge is 0.336 e. The van der Waals surface area contributed by atoms with Crippen LogP contribution in [0.15, 0.2) is 59.8 Å². The Morgan fingerprint density at radius 2 is 1.71 bits per heavy atom. The van der Waals surface area contributed by atoms with Crippen LogP contribution in [0.3, 0.4) is 0 Å². The lowest BCUT2D eigenvalue weighted by Gasteiger charge is -2.35. The number of anilines is 2. The molecule has 0 bridgehead atoms. The quantitative estimate of drug-likeness (QED) is 0.470. The molecule has 2 aliphatic rings. The van der Waals surface area contributed by atoms with E-state index in [1.54, 1.807) is 38.1 Å². The third-order valence-electron chi connectivity index (χ3n) is 6.12. The number of ketones is 1. The number of hydrogen-bond acceptors (Lipinski definition) is 5. The van der Waals surface area contributed by atoms with Crippen LogP contribution in [-0.2, 0) is 9.59 Å². The molecule has 1 aromatic heterocycles. The Kier molecular flexibility index (Phi) is 4.88. The number of hydrogen-bond donors (Lipinski definition) is 1. The highest BCUT2D eigenvalue weighted by atomic mass is 32.1. The molecule has 2 heterocycles. The fourth-order valence-corrected chi connectivity index (χ4v) is 5.62. The van der Waals surface area contributed by atoms with Crippen LogP contribution in [0.2, 0.25) is 0 Å². The van der Waals surface area contributed by atoms with Crippen molar-refractivity contribution in [2.45, 2.75) is 38.4 Å². The number of carbonyl (C=O) groups is 2. The predicted octanol–water partition coefficient (Wildman–Crippen LogP) is 5.84. The molecule has 1 aliphatic carbocycles. The fraction of sp³-hybridized carbons (Fsp3) is 0.292. The Bertz CT molecular complexity index is 1330. The Balaban J connectivity index is 1.74. The van der Waals surface area contributed by atoms with Crippen molar-refractivity contribution in [3.05, 3.63) is 65.6 Å². The molecule has 34 heavy (non-hydrogen) atoms. The number of rotatable bonds is 3. The summed E-state index contributed by atoms with van der Waals surface area (Å²) in [5.74, 6) is -2.71. The Morgan fingerprint density at radius 1 is 1.03 bits per heavy atom. The molecule has 2 aromatic carbocycles. The molecular weight excluding hydrogens is 470 g/mol. The average molecular weight is 489 g/mol. The number of allylic oxidation sites excluding steroid dienone is 1. The van der Waals surface area contributed by atoms with Crippen molar-refractivity contribution >= 4 is 44.1 Å². The van der Waals surface area contributed by atoms with E-state index in [0.717, 1.165) is 28.4 Å². The Labute approximate surface area is 196 Å². The number of halogens is 4. The molecule has 0 saturated heterocycles. The summed E-state index contributed by atoms with van der Waals surface area (Å²) in [5, 5.41) is 2.21. The Hall–Kier alpha value is -3.27. The first-order valence-electron chi connectivity index (χ1n) is 10.5. The summed E-state index contributed by atoms with van der Waals surface area (Å²) < 4.78 is 58.9. The summed E-state index contributed by atoms with van der Waals surface area (Å²) in [6.07, 6.45) is -5.24. The second kappa shape index (κ2) is 7.36. The first-order valence-corrected chi connectivity index (χ1v) is 11.3. The number of carbonyl (C=O) groups excluding carboxylic acids is 2. The zero-order chi connectivity index (χ0) is 24.5. The maximum atomic E-state index is 14.9. The van der Waals surface area contributed by atoms with Crippen LogP contribution in [0.1, 0.15) is 26.7 Å². The van der Waals surface area contributed by atoms with E-state index in [0.29, 0.717) is 10.2 Å². The highest BCUT2D eigenvalue weighted by Gasteiger charge is 2.71. The summed E-state index contributed by atoms with van der Waals surface area (Å²) in [5.41, 5.74) is -4.08. The maximum absolute atomic E-state index is 14.9. The van der Waals surface area contributed by atoms with Gasteiger partial charge < -0.3 is 5.32 Å². The Morgan fingerprint density at radius 3 is 2.35 bits per heavy atom. The van der Waals surface area contributed by atoms with Gasteiger partial charge in [0.25, 0.3) is 5.91 Å². The van der Waals surface area contributed by atoms with Crippen LogP contribution < -0.4 is 10.2 Å². The molecule has 0 spiro atoms. The molecule has 10 heteroatoms. The number of nitrogens with one attached hydrogen (secondary N) is 1. The van der Waals surface area contributed by atoms with Gasteiger partial charge in [-0.05, 0) is 48.2 Å². The van der Waals surface area contributed by atoms with Gasteiger partial charge in [0, 0.05) is 17.8 Å². The molecule has 5 rings (SSSR count). The molecule has 5 nitrogen and oxygen atoms in total. The van der Waals surface area contributed by atoms with Gasteiger partial charge in [-0.25, -0.2) is 9.37 Å². The van der Waals surface area contributed by atoms with Crippen molar-refractivity contribution in [1.82, 2.24) is 4.98 Å². The summed E-state index contributed by atoms with van der Waals surface area (Å²) in [7, 11) is 0. The number of thiazole rings is 1. The zero-order valence-electron chi connectivity index (χ0n) is 18.2. The lowest BCUT2D eigenvalue weighted by Crippen LogP contribution is -2.61. The SMILES string of the molecule is CC1(C)CC(=O)C2=C(C1)N(c1ccc(F)cc1)C(=O)C2(Nc1nc2ccccc2s1)C(F)(F)F. The van der Waals surface area contributed by atoms with E-state index < -0.39 is 40.2 Å². The van der Waals surface area contributed by atoms with Gasteiger partial charge in [-0.1, -0.05) is 37.3 Å². The van der Waals surface area contributed by atoms with Crippen LogP contribution in [0, 0.1) is 11.2 Å². The molecule has 3 aromatic rings. The summed E-state index contributed by atoms with van der Waals surface area (Å²) >= 11 is 0.964. The first kappa shape index (κ1) is 22.5. The van der Waals surface area contributed by atoms with Crippen molar-refractivity contribution < 1.29 is 27.2 Å². The normalized spacial score (nSPS) is 22.5. The molecule has 0 fully saturated rings. The van der Waals surface area contributed by atoms with Crippen molar-refractivity contribution in [3.63, 3.8) is 0 Å². The summed E-state index contributed by atoms with van der Waals surface area (Å²) in [6, 6.07) is 11.4. The van der Waals surface area contributed by atoms with E-state index in [1.165, 1.54) is 12.1 Å². The van der Waals surface area contributed by atoms with Gasteiger partial charge in [0.2, 0.25) is 5.54 Å². The first-order chi connectivity index (χ1) is 15.9. The van der Waals surface area contributed by atoms with E-state index in [4.69, 9.17) is 0 Å². The van der Waals surface area contributed by atoms with E-state index in [-0.39, 0.29) is 29.4 Å². The van der Waals surface area contributed by atoms with Gasteiger partial charge in [0.15, 0.2) is 10.9 Å². The molecule has 1 N–H and O–H groups in total. The largest absolute Gasteiger partial charge is 0.425 e. The number of fused-ring (bicyclic) bond motifs is 1. The van der Waals surface area contributed by atoms with Gasteiger partial charge in [0.05, 0.1) is 15.8 Å². The number of amides is 1. The minimum absolute atomic E-state index is 0.0243. The van der Waals surface area contributed by atoms with Gasteiger partial charge >= 0.3 is 6.18 Å². The molecule has 0 radical (unpaired) electrons. The summed E-state index contributed by atoms with van der Waals surface area (Å²) in [4.78, 5) is 32.1.